The quantitative estimate of drug-likeness (QED) is 0.891. The van der Waals surface area contributed by atoms with Crippen LogP contribution in [0.5, 0.6) is 5.75 Å². The Morgan fingerprint density at radius 2 is 2.33 bits per heavy atom. The molecule has 0 bridgehead atoms. The number of nitrogens with zero attached hydrogens (tertiary/aromatic N) is 1. The molecule has 1 amide bonds. The van der Waals surface area contributed by atoms with Gasteiger partial charge >= 0.3 is 0 Å². The van der Waals surface area contributed by atoms with Gasteiger partial charge in [0.25, 0.3) is 5.91 Å². The average Bonchev–Trinajstić information content (AvgIpc) is 2.29. The van der Waals surface area contributed by atoms with Crippen molar-refractivity contribution in [2.75, 3.05) is 6.61 Å². The van der Waals surface area contributed by atoms with Gasteiger partial charge in [-0.05, 0) is 32.0 Å². The standard InChI is InChI=1S/C13H15ClN2O2/c1-3-18-12-8-10(14)4-5-11(12)13(17)16-9(2)6-7-15/h4-5,8-9H,3,6H2,1-2H3,(H,16,17)/t9-/m1/s1. The Morgan fingerprint density at radius 1 is 1.61 bits per heavy atom. The summed E-state index contributed by atoms with van der Waals surface area (Å²) in [5, 5.41) is 11.8. The summed E-state index contributed by atoms with van der Waals surface area (Å²) in [7, 11) is 0. The number of nitriles is 1. The molecule has 0 saturated heterocycles. The van der Waals surface area contributed by atoms with Crippen molar-refractivity contribution in [1.82, 2.24) is 5.32 Å². The number of hydrogen-bond donors (Lipinski definition) is 1. The van der Waals surface area contributed by atoms with E-state index >= 15 is 0 Å². The van der Waals surface area contributed by atoms with Crippen molar-refractivity contribution in [2.24, 2.45) is 0 Å². The summed E-state index contributed by atoms with van der Waals surface area (Å²) < 4.78 is 5.37. The Balaban J connectivity index is 2.88. The molecule has 0 aromatic heterocycles. The second-order valence-electron chi connectivity index (χ2n) is 3.81. The van der Waals surface area contributed by atoms with Crippen LogP contribution in [-0.2, 0) is 0 Å². The van der Waals surface area contributed by atoms with Crippen LogP contribution in [0.4, 0.5) is 0 Å². The lowest BCUT2D eigenvalue weighted by Gasteiger charge is -2.13. The molecule has 1 atom stereocenters. The van der Waals surface area contributed by atoms with Crippen LogP contribution >= 0.6 is 11.6 Å². The number of benzene rings is 1. The van der Waals surface area contributed by atoms with Gasteiger partial charge < -0.3 is 10.1 Å². The van der Waals surface area contributed by atoms with E-state index in [2.05, 4.69) is 5.32 Å². The monoisotopic (exact) mass is 266 g/mol. The molecule has 0 aliphatic carbocycles. The van der Waals surface area contributed by atoms with Crippen molar-refractivity contribution in [1.29, 1.82) is 5.26 Å². The molecule has 0 unspecified atom stereocenters. The highest BCUT2D eigenvalue weighted by Gasteiger charge is 2.15. The molecule has 18 heavy (non-hydrogen) atoms. The Hall–Kier alpha value is -1.73. The number of amides is 1. The molecule has 0 radical (unpaired) electrons. The molecular formula is C13H15ClN2O2. The fraction of sp³-hybridized carbons (Fsp3) is 0.385. The third kappa shape index (κ3) is 3.94. The normalized spacial score (nSPS) is 11.4. The second kappa shape index (κ2) is 6.87. The highest BCUT2D eigenvalue weighted by molar-refractivity contribution is 6.30. The van der Waals surface area contributed by atoms with Crippen molar-refractivity contribution in [3.63, 3.8) is 0 Å². The fourth-order valence-electron chi connectivity index (χ4n) is 1.45. The van der Waals surface area contributed by atoms with E-state index in [1.165, 1.54) is 0 Å². The zero-order chi connectivity index (χ0) is 13.5. The summed E-state index contributed by atoms with van der Waals surface area (Å²) in [5.41, 5.74) is 0.422. The minimum atomic E-state index is -0.266. The lowest BCUT2D eigenvalue weighted by atomic mass is 10.1. The van der Waals surface area contributed by atoms with Crippen LogP contribution in [0.3, 0.4) is 0 Å². The zero-order valence-corrected chi connectivity index (χ0v) is 11.1. The van der Waals surface area contributed by atoms with Crippen LogP contribution in [0.2, 0.25) is 5.02 Å². The van der Waals surface area contributed by atoms with Gasteiger partial charge in [-0.3, -0.25) is 4.79 Å². The van der Waals surface area contributed by atoms with Gasteiger partial charge in [0, 0.05) is 11.1 Å². The molecule has 0 heterocycles. The largest absolute Gasteiger partial charge is 0.493 e. The van der Waals surface area contributed by atoms with Gasteiger partial charge in [0.2, 0.25) is 0 Å². The van der Waals surface area contributed by atoms with Crippen LogP contribution in [-0.4, -0.2) is 18.6 Å². The summed E-state index contributed by atoms with van der Waals surface area (Å²) >= 11 is 5.86. The lowest BCUT2D eigenvalue weighted by molar-refractivity contribution is 0.0937. The first-order valence-electron chi connectivity index (χ1n) is 5.68. The van der Waals surface area contributed by atoms with Gasteiger partial charge in [-0.1, -0.05) is 11.6 Å². The molecule has 1 aromatic carbocycles. The van der Waals surface area contributed by atoms with Crippen molar-refractivity contribution in [2.45, 2.75) is 26.3 Å². The van der Waals surface area contributed by atoms with E-state index in [0.29, 0.717) is 22.9 Å². The molecule has 0 fully saturated rings. The van der Waals surface area contributed by atoms with E-state index in [1.807, 2.05) is 13.0 Å². The SMILES string of the molecule is CCOc1cc(Cl)ccc1C(=O)N[C@H](C)CC#N. The predicted molar refractivity (Wildman–Crippen MR) is 69.8 cm³/mol. The number of rotatable bonds is 5. The number of nitrogens with one attached hydrogen (secondary N) is 1. The third-order valence-corrected chi connectivity index (χ3v) is 2.50. The summed E-state index contributed by atoms with van der Waals surface area (Å²) in [5.74, 6) is 0.185. The van der Waals surface area contributed by atoms with Crippen LogP contribution in [0, 0.1) is 11.3 Å². The smallest absolute Gasteiger partial charge is 0.255 e. The van der Waals surface area contributed by atoms with Crippen LogP contribution in [0.1, 0.15) is 30.6 Å². The number of hydrogen-bond acceptors (Lipinski definition) is 3. The number of carbonyl (C=O) groups excluding carboxylic acids is 1. The first-order valence-corrected chi connectivity index (χ1v) is 6.06. The van der Waals surface area contributed by atoms with E-state index < -0.39 is 0 Å². The minimum Gasteiger partial charge on any atom is -0.493 e. The highest BCUT2D eigenvalue weighted by Crippen LogP contribution is 2.23. The molecule has 0 aliphatic heterocycles. The van der Waals surface area contributed by atoms with Gasteiger partial charge in [0.05, 0.1) is 24.7 Å². The number of carbonyl (C=O) groups is 1. The molecule has 0 saturated carbocycles. The Bertz CT molecular complexity index is 469. The van der Waals surface area contributed by atoms with E-state index in [0.717, 1.165) is 0 Å². The van der Waals surface area contributed by atoms with E-state index in [-0.39, 0.29) is 18.4 Å². The summed E-state index contributed by atoms with van der Waals surface area (Å²) in [6.45, 7) is 4.06. The third-order valence-electron chi connectivity index (χ3n) is 2.26. The van der Waals surface area contributed by atoms with Gasteiger partial charge in [0.1, 0.15) is 5.75 Å². The summed E-state index contributed by atoms with van der Waals surface area (Å²) in [6.07, 6.45) is 0.267. The minimum absolute atomic E-state index is 0.201. The molecule has 96 valence electrons. The molecule has 0 aliphatic rings. The van der Waals surface area contributed by atoms with E-state index in [4.69, 9.17) is 21.6 Å². The Kier molecular flexibility index (Phi) is 5.47. The lowest BCUT2D eigenvalue weighted by Crippen LogP contribution is -2.32. The van der Waals surface area contributed by atoms with Crippen LogP contribution in [0.15, 0.2) is 18.2 Å². The first-order chi connectivity index (χ1) is 8.58. The van der Waals surface area contributed by atoms with Crippen LogP contribution in [0.25, 0.3) is 0 Å². The summed E-state index contributed by atoms with van der Waals surface area (Å²) in [4.78, 5) is 12.0. The topological polar surface area (TPSA) is 62.1 Å². The average molecular weight is 267 g/mol. The fourth-order valence-corrected chi connectivity index (χ4v) is 1.61. The maximum atomic E-state index is 12.0. The molecule has 1 N–H and O–H groups in total. The number of halogens is 1. The van der Waals surface area contributed by atoms with Gasteiger partial charge in [0.15, 0.2) is 0 Å². The molecular weight excluding hydrogens is 252 g/mol. The van der Waals surface area contributed by atoms with E-state index in [9.17, 15) is 4.79 Å². The van der Waals surface area contributed by atoms with E-state index in [1.54, 1.807) is 25.1 Å². The van der Waals surface area contributed by atoms with Gasteiger partial charge in [-0.2, -0.15) is 5.26 Å². The Labute approximate surface area is 112 Å². The molecule has 1 aromatic rings. The van der Waals surface area contributed by atoms with Crippen molar-refractivity contribution in [3.8, 4) is 11.8 Å². The van der Waals surface area contributed by atoms with Gasteiger partial charge in [-0.25, -0.2) is 0 Å². The maximum absolute atomic E-state index is 12.0. The molecule has 0 spiro atoms. The van der Waals surface area contributed by atoms with Gasteiger partial charge in [-0.15, -0.1) is 0 Å². The predicted octanol–water partition coefficient (Wildman–Crippen LogP) is 2.77. The molecule has 1 rings (SSSR count). The van der Waals surface area contributed by atoms with Crippen molar-refractivity contribution >= 4 is 17.5 Å². The zero-order valence-electron chi connectivity index (χ0n) is 10.4. The second-order valence-corrected chi connectivity index (χ2v) is 4.25. The Morgan fingerprint density at radius 3 is 2.94 bits per heavy atom. The summed E-state index contributed by atoms with van der Waals surface area (Å²) in [6, 6.07) is 6.66. The highest BCUT2D eigenvalue weighted by atomic mass is 35.5. The maximum Gasteiger partial charge on any atom is 0.255 e. The van der Waals surface area contributed by atoms with Crippen molar-refractivity contribution in [3.05, 3.63) is 28.8 Å². The number of ether oxygens (including phenoxy) is 1. The van der Waals surface area contributed by atoms with Crippen molar-refractivity contribution < 1.29 is 9.53 Å². The first kappa shape index (κ1) is 14.3. The molecule has 4 nitrogen and oxygen atoms in total. The van der Waals surface area contributed by atoms with Crippen LogP contribution < -0.4 is 10.1 Å². The molecule has 5 heteroatoms.